The Morgan fingerprint density at radius 2 is 1.94 bits per heavy atom. The summed E-state index contributed by atoms with van der Waals surface area (Å²) < 4.78 is 44.3. The van der Waals surface area contributed by atoms with E-state index in [1.807, 2.05) is 0 Å². The molecule has 0 amide bonds. The van der Waals surface area contributed by atoms with Crippen molar-refractivity contribution < 1.29 is 17.9 Å². The van der Waals surface area contributed by atoms with E-state index >= 15 is 0 Å². The molecule has 2 nitrogen and oxygen atoms in total. The van der Waals surface area contributed by atoms with Crippen LogP contribution in [-0.2, 0) is 4.74 Å². The maximum absolute atomic E-state index is 13.0. The standard InChI is InChI=1S/C13H16F3NO/c14-10-6-8(7-11(15)13(10)16)12(17)4-3-9-2-1-5-18-9/h6-7,9,12H,1-5,17H2. The lowest BCUT2D eigenvalue weighted by atomic mass is 10.00. The minimum absolute atomic E-state index is 0.186. The zero-order valence-electron chi connectivity index (χ0n) is 9.96. The topological polar surface area (TPSA) is 35.2 Å². The third kappa shape index (κ3) is 3.03. The van der Waals surface area contributed by atoms with Crippen molar-refractivity contribution in [1.29, 1.82) is 0 Å². The van der Waals surface area contributed by atoms with Crippen molar-refractivity contribution in [2.24, 2.45) is 5.73 Å². The molecule has 0 saturated carbocycles. The van der Waals surface area contributed by atoms with Crippen LogP contribution in [0.1, 0.15) is 37.3 Å². The van der Waals surface area contributed by atoms with Gasteiger partial charge in [0.2, 0.25) is 0 Å². The Morgan fingerprint density at radius 1 is 1.28 bits per heavy atom. The van der Waals surface area contributed by atoms with Gasteiger partial charge < -0.3 is 10.5 Å². The van der Waals surface area contributed by atoms with Gasteiger partial charge >= 0.3 is 0 Å². The number of halogens is 3. The number of hydrogen-bond acceptors (Lipinski definition) is 2. The van der Waals surface area contributed by atoms with Gasteiger partial charge in [-0.2, -0.15) is 0 Å². The zero-order chi connectivity index (χ0) is 13.1. The molecular formula is C13H16F3NO. The van der Waals surface area contributed by atoms with Crippen molar-refractivity contribution in [2.45, 2.75) is 37.8 Å². The first-order valence-corrected chi connectivity index (χ1v) is 6.09. The quantitative estimate of drug-likeness (QED) is 0.843. The highest BCUT2D eigenvalue weighted by Gasteiger charge is 2.19. The van der Waals surface area contributed by atoms with Gasteiger partial charge in [-0.25, -0.2) is 13.2 Å². The molecule has 2 N–H and O–H groups in total. The van der Waals surface area contributed by atoms with Crippen LogP contribution in [0.3, 0.4) is 0 Å². The second kappa shape index (κ2) is 5.71. The van der Waals surface area contributed by atoms with Crippen LogP contribution in [0.25, 0.3) is 0 Å². The van der Waals surface area contributed by atoms with Crippen molar-refractivity contribution in [3.05, 3.63) is 35.1 Å². The Kier molecular flexibility index (Phi) is 4.24. The number of hydrogen-bond donors (Lipinski definition) is 1. The zero-order valence-corrected chi connectivity index (χ0v) is 9.96. The summed E-state index contributed by atoms with van der Waals surface area (Å²) in [4.78, 5) is 0. The molecule has 1 aliphatic rings. The first-order chi connectivity index (χ1) is 8.58. The monoisotopic (exact) mass is 259 g/mol. The predicted octanol–water partition coefficient (Wildman–Crippen LogP) is 3.06. The molecule has 5 heteroatoms. The van der Waals surface area contributed by atoms with Crippen LogP contribution in [0.15, 0.2) is 12.1 Å². The van der Waals surface area contributed by atoms with Crippen LogP contribution < -0.4 is 5.73 Å². The van der Waals surface area contributed by atoms with Crippen LogP contribution in [-0.4, -0.2) is 12.7 Å². The van der Waals surface area contributed by atoms with Gasteiger partial charge in [0, 0.05) is 12.6 Å². The molecule has 1 fully saturated rings. The minimum Gasteiger partial charge on any atom is -0.378 e. The molecule has 1 heterocycles. The number of benzene rings is 1. The first-order valence-electron chi connectivity index (χ1n) is 6.09. The molecule has 1 aromatic carbocycles. The van der Waals surface area contributed by atoms with E-state index in [1.54, 1.807) is 0 Å². The van der Waals surface area contributed by atoms with Gasteiger partial charge in [-0.05, 0) is 43.4 Å². The van der Waals surface area contributed by atoms with E-state index in [0.29, 0.717) is 6.42 Å². The maximum Gasteiger partial charge on any atom is 0.194 e. The summed E-state index contributed by atoms with van der Waals surface area (Å²) in [6.07, 6.45) is 3.54. The van der Waals surface area contributed by atoms with Crippen molar-refractivity contribution >= 4 is 0 Å². The van der Waals surface area contributed by atoms with Crippen molar-refractivity contribution in [1.82, 2.24) is 0 Å². The van der Waals surface area contributed by atoms with Crippen LogP contribution in [0.2, 0.25) is 0 Å². The third-order valence-corrected chi connectivity index (χ3v) is 3.26. The number of nitrogens with two attached hydrogens (primary N) is 1. The van der Waals surface area contributed by atoms with Gasteiger partial charge in [0.1, 0.15) is 0 Å². The SMILES string of the molecule is NC(CCC1CCCO1)c1cc(F)c(F)c(F)c1. The fourth-order valence-corrected chi connectivity index (χ4v) is 2.19. The Labute approximate surface area is 104 Å². The largest absolute Gasteiger partial charge is 0.378 e. The fourth-order valence-electron chi connectivity index (χ4n) is 2.19. The molecule has 2 atom stereocenters. The van der Waals surface area contributed by atoms with Crippen LogP contribution in [0.4, 0.5) is 13.2 Å². The summed E-state index contributed by atoms with van der Waals surface area (Å²) >= 11 is 0. The highest BCUT2D eigenvalue weighted by atomic mass is 19.2. The Bertz CT molecular complexity index is 396. The Balaban J connectivity index is 1.97. The summed E-state index contributed by atoms with van der Waals surface area (Å²) in [7, 11) is 0. The van der Waals surface area contributed by atoms with Gasteiger partial charge in [0.25, 0.3) is 0 Å². The fraction of sp³-hybridized carbons (Fsp3) is 0.538. The van der Waals surface area contributed by atoms with E-state index < -0.39 is 23.5 Å². The van der Waals surface area contributed by atoms with Gasteiger partial charge in [-0.15, -0.1) is 0 Å². The molecule has 0 aromatic heterocycles. The molecular weight excluding hydrogens is 243 g/mol. The third-order valence-electron chi connectivity index (χ3n) is 3.26. The van der Waals surface area contributed by atoms with E-state index in [1.165, 1.54) is 0 Å². The van der Waals surface area contributed by atoms with E-state index in [0.717, 1.165) is 38.0 Å². The molecule has 0 aliphatic carbocycles. The lowest BCUT2D eigenvalue weighted by molar-refractivity contribution is 0.101. The lowest BCUT2D eigenvalue weighted by Crippen LogP contribution is -2.15. The van der Waals surface area contributed by atoms with Gasteiger partial charge in [0.05, 0.1) is 6.10 Å². The predicted molar refractivity (Wildman–Crippen MR) is 61.5 cm³/mol. The Morgan fingerprint density at radius 3 is 2.50 bits per heavy atom. The van der Waals surface area contributed by atoms with Crippen LogP contribution in [0.5, 0.6) is 0 Å². The highest BCUT2D eigenvalue weighted by Crippen LogP contribution is 2.24. The summed E-state index contributed by atoms with van der Waals surface area (Å²) in [6.45, 7) is 0.764. The molecule has 0 radical (unpaired) electrons. The molecule has 0 spiro atoms. The molecule has 2 unspecified atom stereocenters. The highest BCUT2D eigenvalue weighted by molar-refractivity contribution is 5.22. The van der Waals surface area contributed by atoms with Crippen molar-refractivity contribution in [3.8, 4) is 0 Å². The molecule has 0 bridgehead atoms. The average molecular weight is 259 g/mol. The van der Waals surface area contributed by atoms with Gasteiger partial charge in [0.15, 0.2) is 17.5 Å². The smallest absolute Gasteiger partial charge is 0.194 e. The van der Waals surface area contributed by atoms with Crippen molar-refractivity contribution in [3.63, 3.8) is 0 Å². The molecule has 1 aromatic rings. The lowest BCUT2D eigenvalue weighted by Gasteiger charge is -2.15. The van der Waals surface area contributed by atoms with E-state index in [9.17, 15) is 13.2 Å². The summed E-state index contributed by atoms with van der Waals surface area (Å²) in [5.41, 5.74) is 6.13. The second-order valence-corrected chi connectivity index (χ2v) is 4.62. The van der Waals surface area contributed by atoms with Gasteiger partial charge in [-0.3, -0.25) is 0 Å². The number of rotatable bonds is 4. The van der Waals surface area contributed by atoms with Crippen molar-refractivity contribution in [2.75, 3.05) is 6.61 Å². The molecule has 100 valence electrons. The number of ether oxygens (including phenoxy) is 1. The minimum atomic E-state index is -1.45. The summed E-state index contributed by atoms with van der Waals surface area (Å²) in [5, 5.41) is 0. The molecule has 2 rings (SSSR count). The van der Waals surface area contributed by atoms with Crippen LogP contribution >= 0.6 is 0 Å². The molecule has 1 aliphatic heterocycles. The van der Waals surface area contributed by atoms with E-state index in [2.05, 4.69) is 0 Å². The van der Waals surface area contributed by atoms with Gasteiger partial charge in [-0.1, -0.05) is 0 Å². The average Bonchev–Trinajstić information content (AvgIpc) is 2.85. The van der Waals surface area contributed by atoms with Crippen LogP contribution in [0, 0.1) is 17.5 Å². The summed E-state index contributed by atoms with van der Waals surface area (Å²) in [5.74, 6) is -3.85. The normalized spacial score (nSPS) is 21.2. The summed E-state index contributed by atoms with van der Waals surface area (Å²) in [6, 6.07) is 1.41. The molecule has 18 heavy (non-hydrogen) atoms. The second-order valence-electron chi connectivity index (χ2n) is 4.62. The van der Waals surface area contributed by atoms with E-state index in [4.69, 9.17) is 10.5 Å². The molecule has 1 saturated heterocycles. The Hall–Kier alpha value is -1.07. The first kappa shape index (κ1) is 13.4. The maximum atomic E-state index is 13.0. The van der Waals surface area contributed by atoms with E-state index in [-0.39, 0.29) is 11.7 Å².